The highest BCUT2D eigenvalue weighted by Gasteiger charge is 2.41. The largest absolute Gasteiger partial charge is 0.343 e. The average Bonchev–Trinajstić information content (AvgIpc) is 2.48. The highest BCUT2D eigenvalue weighted by Crippen LogP contribution is 2.24. The quantitative estimate of drug-likeness (QED) is 0.897. The molecule has 0 atom stereocenters. The molecule has 0 radical (unpaired) electrons. The fraction of sp³-hybridized carbons (Fsp3) is 0.267. The lowest BCUT2D eigenvalue weighted by molar-refractivity contribution is 0.0888. The molecule has 0 saturated carbocycles. The summed E-state index contributed by atoms with van der Waals surface area (Å²) in [4.78, 5) is 32.2. The van der Waals surface area contributed by atoms with E-state index in [1.165, 1.54) is 6.20 Å². The maximum absolute atomic E-state index is 12.2. The second-order valence-electron chi connectivity index (χ2n) is 5.62. The summed E-state index contributed by atoms with van der Waals surface area (Å²) in [7, 11) is 0. The molecule has 0 bridgehead atoms. The van der Waals surface area contributed by atoms with Gasteiger partial charge in [0.05, 0.1) is 11.7 Å². The minimum atomic E-state index is -0.367. The third-order valence-electron chi connectivity index (χ3n) is 3.57. The van der Waals surface area contributed by atoms with Crippen molar-refractivity contribution >= 4 is 23.5 Å². The van der Waals surface area contributed by atoms with Crippen LogP contribution in [0.25, 0.3) is 0 Å². The van der Waals surface area contributed by atoms with Gasteiger partial charge < -0.3 is 10.2 Å². The number of amides is 1. The maximum atomic E-state index is 12.2. The zero-order valence-corrected chi connectivity index (χ0v) is 12.7. The van der Waals surface area contributed by atoms with Crippen molar-refractivity contribution in [1.82, 2.24) is 15.3 Å². The van der Waals surface area contributed by atoms with Crippen LogP contribution in [-0.4, -0.2) is 34.5 Å². The minimum absolute atomic E-state index is 0.0596. The van der Waals surface area contributed by atoms with Crippen LogP contribution in [0.1, 0.15) is 17.3 Å². The first kappa shape index (κ1) is 14.6. The molecule has 7 heteroatoms. The Morgan fingerprint density at radius 3 is 2.68 bits per heavy atom. The Morgan fingerprint density at radius 1 is 1.36 bits per heavy atom. The van der Waals surface area contributed by atoms with Crippen molar-refractivity contribution in [2.75, 3.05) is 18.0 Å². The molecule has 1 aromatic carbocycles. The van der Waals surface area contributed by atoms with Gasteiger partial charge in [-0.15, -0.1) is 0 Å². The van der Waals surface area contributed by atoms with Gasteiger partial charge in [-0.3, -0.25) is 14.6 Å². The monoisotopic (exact) mass is 318 g/mol. The Labute approximate surface area is 132 Å². The standard InChI is InChI=1S/C15H15ClN4O2/c1-15(19-12(21)10-5-3-2-4-6-10)8-20(9-15)14-17-7-11(16)13(22)18-14/h2-7H,8-9H2,1H3,(H,19,21)(H,17,18,22). The number of nitrogens with zero attached hydrogens (tertiary/aromatic N) is 2. The van der Waals surface area contributed by atoms with E-state index in [0.717, 1.165) is 0 Å². The van der Waals surface area contributed by atoms with Crippen LogP contribution in [0, 0.1) is 0 Å². The number of hydrogen-bond donors (Lipinski definition) is 2. The number of H-pyrrole nitrogens is 1. The van der Waals surface area contributed by atoms with E-state index in [-0.39, 0.29) is 22.0 Å². The average molecular weight is 319 g/mol. The summed E-state index contributed by atoms with van der Waals surface area (Å²) in [6.07, 6.45) is 1.33. The van der Waals surface area contributed by atoms with E-state index in [9.17, 15) is 9.59 Å². The minimum Gasteiger partial charge on any atom is -0.343 e. The zero-order valence-electron chi connectivity index (χ0n) is 12.0. The molecule has 1 amide bonds. The molecule has 2 N–H and O–H groups in total. The first-order valence-electron chi connectivity index (χ1n) is 6.84. The number of aromatic nitrogens is 2. The number of carbonyl (C=O) groups is 1. The van der Waals surface area contributed by atoms with E-state index >= 15 is 0 Å². The first-order valence-corrected chi connectivity index (χ1v) is 7.22. The fourth-order valence-electron chi connectivity index (χ4n) is 2.49. The molecule has 1 fully saturated rings. The molecule has 114 valence electrons. The van der Waals surface area contributed by atoms with Gasteiger partial charge in [0.25, 0.3) is 11.5 Å². The van der Waals surface area contributed by atoms with Crippen molar-refractivity contribution in [3.63, 3.8) is 0 Å². The van der Waals surface area contributed by atoms with Crippen molar-refractivity contribution in [3.8, 4) is 0 Å². The number of rotatable bonds is 3. The van der Waals surface area contributed by atoms with Crippen molar-refractivity contribution in [3.05, 3.63) is 57.5 Å². The molecule has 2 heterocycles. The van der Waals surface area contributed by atoms with Crippen LogP contribution in [0.2, 0.25) is 5.02 Å². The predicted molar refractivity (Wildman–Crippen MR) is 84.4 cm³/mol. The van der Waals surface area contributed by atoms with Crippen molar-refractivity contribution in [1.29, 1.82) is 0 Å². The van der Waals surface area contributed by atoms with E-state index in [2.05, 4.69) is 15.3 Å². The third-order valence-corrected chi connectivity index (χ3v) is 3.84. The van der Waals surface area contributed by atoms with Gasteiger partial charge in [0.15, 0.2) is 0 Å². The molecule has 6 nitrogen and oxygen atoms in total. The van der Waals surface area contributed by atoms with Crippen LogP contribution in [-0.2, 0) is 0 Å². The van der Waals surface area contributed by atoms with Gasteiger partial charge in [0.2, 0.25) is 5.95 Å². The Morgan fingerprint density at radius 2 is 2.05 bits per heavy atom. The van der Waals surface area contributed by atoms with Crippen LogP contribution >= 0.6 is 11.6 Å². The van der Waals surface area contributed by atoms with E-state index < -0.39 is 0 Å². The van der Waals surface area contributed by atoms with Gasteiger partial charge in [0, 0.05) is 18.7 Å². The molecule has 0 spiro atoms. The Kier molecular flexibility index (Phi) is 3.62. The van der Waals surface area contributed by atoms with Crippen LogP contribution in [0.5, 0.6) is 0 Å². The number of carbonyl (C=O) groups excluding carboxylic acids is 1. The number of benzene rings is 1. The lowest BCUT2D eigenvalue weighted by Gasteiger charge is -2.48. The second kappa shape index (κ2) is 5.46. The summed E-state index contributed by atoms with van der Waals surface area (Å²) in [6.45, 7) is 3.09. The Hall–Kier alpha value is -2.34. The summed E-state index contributed by atoms with van der Waals surface area (Å²) < 4.78 is 0. The van der Waals surface area contributed by atoms with Crippen molar-refractivity contribution < 1.29 is 4.79 Å². The molecular formula is C15H15ClN4O2. The fourth-order valence-corrected chi connectivity index (χ4v) is 2.59. The molecule has 1 aromatic heterocycles. The molecule has 3 rings (SSSR count). The van der Waals surface area contributed by atoms with Gasteiger partial charge in [-0.25, -0.2) is 4.98 Å². The smallest absolute Gasteiger partial charge is 0.271 e. The lowest BCUT2D eigenvalue weighted by atomic mass is 9.92. The summed E-state index contributed by atoms with van der Waals surface area (Å²) in [5, 5.41) is 3.07. The maximum Gasteiger partial charge on any atom is 0.271 e. The molecule has 1 aliphatic rings. The van der Waals surface area contributed by atoms with Gasteiger partial charge in [0.1, 0.15) is 5.02 Å². The summed E-state index contributed by atoms with van der Waals surface area (Å²) >= 11 is 5.66. The van der Waals surface area contributed by atoms with E-state index in [1.54, 1.807) is 12.1 Å². The summed E-state index contributed by atoms with van der Waals surface area (Å²) in [5.41, 5.74) is -0.0979. The molecule has 22 heavy (non-hydrogen) atoms. The molecular weight excluding hydrogens is 304 g/mol. The van der Waals surface area contributed by atoms with Crippen LogP contribution in [0.4, 0.5) is 5.95 Å². The number of halogens is 1. The molecule has 1 saturated heterocycles. The van der Waals surface area contributed by atoms with E-state index in [4.69, 9.17) is 11.6 Å². The highest BCUT2D eigenvalue weighted by molar-refractivity contribution is 6.30. The van der Waals surface area contributed by atoms with Gasteiger partial charge >= 0.3 is 0 Å². The van der Waals surface area contributed by atoms with Crippen molar-refractivity contribution in [2.45, 2.75) is 12.5 Å². The topological polar surface area (TPSA) is 78.1 Å². The van der Waals surface area contributed by atoms with Crippen LogP contribution < -0.4 is 15.8 Å². The molecule has 1 aliphatic heterocycles. The Bertz CT molecular complexity index is 754. The normalized spacial score (nSPS) is 16.0. The number of anilines is 1. The summed E-state index contributed by atoms with van der Waals surface area (Å²) in [5.74, 6) is 0.348. The Balaban J connectivity index is 1.65. The second-order valence-corrected chi connectivity index (χ2v) is 6.03. The molecule has 0 aliphatic carbocycles. The van der Waals surface area contributed by atoms with E-state index in [0.29, 0.717) is 24.6 Å². The summed E-state index contributed by atoms with van der Waals surface area (Å²) in [6, 6.07) is 9.06. The number of hydrogen-bond acceptors (Lipinski definition) is 4. The van der Waals surface area contributed by atoms with Gasteiger partial charge in [-0.1, -0.05) is 29.8 Å². The van der Waals surface area contributed by atoms with E-state index in [1.807, 2.05) is 30.0 Å². The molecule has 0 unspecified atom stereocenters. The molecule has 2 aromatic rings. The first-order chi connectivity index (χ1) is 10.5. The number of nitrogens with one attached hydrogen (secondary N) is 2. The SMILES string of the molecule is CC1(NC(=O)c2ccccc2)CN(c2ncc(Cl)c(=O)[nH]2)C1. The lowest BCUT2D eigenvalue weighted by Crippen LogP contribution is -2.69. The van der Waals surface area contributed by atoms with Gasteiger partial charge in [-0.2, -0.15) is 0 Å². The van der Waals surface area contributed by atoms with Crippen LogP contribution in [0.3, 0.4) is 0 Å². The number of aromatic amines is 1. The van der Waals surface area contributed by atoms with Crippen molar-refractivity contribution in [2.24, 2.45) is 0 Å². The predicted octanol–water partition coefficient (Wildman–Crippen LogP) is 1.43. The van der Waals surface area contributed by atoms with Crippen LogP contribution in [0.15, 0.2) is 41.3 Å². The third kappa shape index (κ3) is 2.82. The zero-order chi connectivity index (χ0) is 15.7. The highest BCUT2D eigenvalue weighted by atomic mass is 35.5. The van der Waals surface area contributed by atoms with Gasteiger partial charge in [-0.05, 0) is 19.1 Å².